The molecule has 88 valence electrons. The Hall–Kier alpha value is -1.55. The second kappa shape index (κ2) is 5.19. The molecule has 0 amide bonds. The zero-order valence-electron chi connectivity index (χ0n) is 9.93. The molecule has 0 aliphatic carbocycles. The third-order valence-electron chi connectivity index (χ3n) is 2.63. The lowest BCUT2D eigenvalue weighted by Gasteiger charge is -2.01. The third kappa shape index (κ3) is 2.77. The van der Waals surface area contributed by atoms with E-state index < -0.39 is 0 Å². The summed E-state index contributed by atoms with van der Waals surface area (Å²) in [7, 11) is 0. The molecule has 2 aromatic rings. The van der Waals surface area contributed by atoms with Crippen LogP contribution in [0.25, 0.3) is 0 Å². The van der Waals surface area contributed by atoms with Crippen molar-refractivity contribution in [2.45, 2.75) is 26.7 Å². The highest BCUT2D eigenvalue weighted by atomic mass is 32.1. The van der Waals surface area contributed by atoms with Gasteiger partial charge in [-0.05, 0) is 25.0 Å². The number of pyridine rings is 1. The van der Waals surface area contributed by atoms with Gasteiger partial charge in [0.2, 0.25) is 0 Å². The second-order valence-corrected chi connectivity index (χ2v) is 4.73. The van der Waals surface area contributed by atoms with Crippen LogP contribution in [0.4, 0.5) is 0 Å². The normalized spacial score (nSPS) is 10.5. The zero-order valence-corrected chi connectivity index (χ0v) is 10.8. The molecular formula is C13H14N2OS. The summed E-state index contributed by atoms with van der Waals surface area (Å²) in [4.78, 5) is 21.1. The lowest BCUT2D eigenvalue weighted by molar-refractivity contribution is 0.0995. The number of rotatable bonds is 4. The number of aromatic nitrogens is 2. The van der Waals surface area contributed by atoms with Gasteiger partial charge in [0, 0.05) is 11.9 Å². The average Bonchev–Trinajstić information content (AvgIpc) is 2.76. The smallest absolute Gasteiger partial charge is 0.180 e. The van der Waals surface area contributed by atoms with Gasteiger partial charge in [0.25, 0.3) is 0 Å². The van der Waals surface area contributed by atoms with Gasteiger partial charge in [0.05, 0.1) is 22.5 Å². The molecule has 0 spiro atoms. The van der Waals surface area contributed by atoms with Gasteiger partial charge in [0.1, 0.15) is 0 Å². The number of hydrogen-bond acceptors (Lipinski definition) is 4. The van der Waals surface area contributed by atoms with Crippen molar-refractivity contribution in [2.75, 3.05) is 0 Å². The zero-order chi connectivity index (χ0) is 12.3. The minimum Gasteiger partial charge on any atom is -0.293 e. The van der Waals surface area contributed by atoms with E-state index in [9.17, 15) is 4.79 Å². The highest BCUT2D eigenvalue weighted by molar-refractivity contribution is 7.11. The number of Topliss-reactive ketones (excluding diaryl/α,β-unsaturated/α-hetero) is 1. The van der Waals surface area contributed by atoms with Gasteiger partial charge in [-0.3, -0.25) is 9.78 Å². The van der Waals surface area contributed by atoms with Crippen LogP contribution >= 0.6 is 11.3 Å². The van der Waals surface area contributed by atoms with E-state index in [-0.39, 0.29) is 5.78 Å². The molecule has 0 N–H and O–H groups in total. The molecule has 17 heavy (non-hydrogen) atoms. The first-order valence-corrected chi connectivity index (χ1v) is 6.45. The van der Waals surface area contributed by atoms with E-state index >= 15 is 0 Å². The Morgan fingerprint density at radius 3 is 2.71 bits per heavy atom. The van der Waals surface area contributed by atoms with Crippen LogP contribution in [0.15, 0.2) is 23.8 Å². The predicted octanol–water partition coefficient (Wildman–Crippen LogP) is 2.83. The monoisotopic (exact) mass is 246 g/mol. The van der Waals surface area contributed by atoms with Crippen molar-refractivity contribution in [3.05, 3.63) is 45.7 Å². The molecular weight excluding hydrogens is 232 g/mol. The van der Waals surface area contributed by atoms with E-state index in [1.54, 1.807) is 5.51 Å². The Morgan fingerprint density at radius 2 is 2.18 bits per heavy atom. The summed E-state index contributed by atoms with van der Waals surface area (Å²) in [6.07, 6.45) is 3.16. The standard InChI is InChI=1S/C13H14N2OS/c1-3-10-4-5-11(14-7-10)6-12(16)13-9(2)15-8-17-13/h4-5,7-8H,3,6H2,1-2H3. The third-order valence-corrected chi connectivity index (χ3v) is 3.60. The van der Waals surface area contributed by atoms with Crippen molar-refractivity contribution in [3.8, 4) is 0 Å². The van der Waals surface area contributed by atoms with Gasteiger partial charge < -0.3 is 0 Å². The van der Waals surface area contributed by atoms with E-state index in [2.05, 4.69) is 16.9 Å². The Bertz CT molecular complexity index is 516. The average molecular weight is 246 g/mol. The predicted molar refractivity (Wildman–Crippen MR) is 68.5 cm³/mol. The minimum atomic E-state index is 0.0988. The number of carbonyl (C=O) groups is 1. The van der Waals surface area contributed by atoms with Crippen LogP contribution in [0.2, 0.25) is 0 Å². The molecule has 0 saturated heterocycles. The van der Waals surface area contributed by atoms with E-state index in [1.165, 1.54) is 16.9 Å². The first kappa shape index (κ1) is 11.9. The fourth-order valence-electron chi connectivity index (χ4n) is 1.58. The molecule has 3 nitrogen and oxygen atoms in total. The van der Waals surface area contributed by atoms with E-state index in [0.29, 0.717) is 6.42 Å². The molecule has 2 heterocycles. The largest absolute Gasteiger partial charge is 0.293 e. The van der Waals surface area contributed by atoms with Crippen molar-refractivity contribution in [2.24, 2.45) is 0 Å². The summed E-state index contributed by atoms with van der Waals surface area (Å²) >= 11 is 1.40. The molecule has 0 fully saturated rings. The fourth-order valence-corrected chi connectivity index (χ4v) is 2.33. The lowest BCUT2D eigenvalue weighted by atomic mass is 10.1. The maximum absolute atomic E-state index is 12.0. The number of nitrogens with zero attached hydrogens (tertiary/aromatic N) is 2. The summed E-state index contributed by atoms with van der Waals surface area (Å²) < 4.78 is 0. The lowest BCUT2D eigenvalue weighted by Crippen LogP contribution is -2.05. The maximum atomic E-state index is 12.0. The van der Waals surface area contributed by atoms with E-state index in [1.807, 2.05) is 25.3 Å². The second-order valence-electron chi connectivity index (χ2n) is 3.88. The number of ketones is 1. The number of hydrogen-bond donors (Lipinski definition) is 0. The van der Waals surface area contributed by atoms with Gasteiger partial charge >= 0.3 is 0 Å². The number of carbonyl (C=O) groups excluding carboxylic acids is 1. The molecule has 0 bridgehead atoms. The Morgan fingerprint density at radius 1 is 1.35 bits per heavy atom. The van der Waals surface area contributed by atoms with Crippen molar-refractivity contribution in [1.82, 2.24) is 9.97 Å². The minimum absolute atomic E-state index is 0.0988. The summed E-state index contributed by atoms with van der Waals surface area (Å²) in [5, 5.41) is 0. The summed E-state index contributed by atoms with van der Waals surface area (Å²) in [6.45, 7) is 3.94. The van der Waals surface area contributed by atoms with E-state index in [4.69, 9.17) is 0 Å². The fraction of sp³-hybridized carbons (Fsp3) is 0.308. The van der Waals surface area contributed by atoms with Crippen LogP contribution in [-0.4, -0.2) is 15.8 Å². The van der Waals surface area contributed by atoms with Crippen molar-refractivity contribution in [3.63, 3.8) is 0 Å². The molecule has 2 aromatic heterocycles. The van der Waals surface area contributed by atoms with Crippen LogP contribution in [0.3, 0.4) is 0 Å². The van der Waals surface area contributed by atoms with E-state index in [0.717, 1.165) is 22.7 Å². The van der Waals surface area contributed by atoms with Crippen molar-refractivity contribution >= 4 is 17.1 Å². The van der Waals surface area contributed by atoms with Crippen LogP contribution in [0, 0.1) is 6.92 Å². The van der Waals surface area contributed by atoms with Crippen LogP contribution in [0.5, 0.6) is 0 Å². The molecule has 0 aliphatic heterocycles. The highest BCUT2D eigenvalue weighted by Crippen LogP contribution is 2.15. The van der Waals surface area contributed by atoms with Crippen LogP contribution in [0.1, 0.15) is 33.5 Å². The SMILES string of the molecule is CCc1ccc(CC(=O)c2scnc2C)nc1. The Kier molecular flexibility index (Phi) is 3.64. The molecule has 0 atom stereocenters. The molecule has 4 heteroatoms. The molecule has 0 aromatic carbocycles. The molecule has 0 radical (unpaired) electrons. The van der Waals surface area contributed by atoms with Gasteiger partial charge in [-0.2, -0.15) is 0 Å². The van der Waals surface area contributed by atoms with Crippen LogP contribution < -0.4 is 0 Å². The topological polar surface area (TPSA) is 42.9 Å². The van der Waals surface area contributed by atoms with Crippen molar-refractivity contribution in [1.29, 1.82) is 0 Å². The first-order valence-electron chi connectivity index (χ1n) is 5.57. The Balaban J connectivity index is 2.10. The van der Waals surface area contributed by atoms with Gasteiger partial charge in [-0.1, -0.05) is 13.0 Å². The molecule has 0 saturated carbocycles. The quantitative estimate of drug-likeness (QED) is 0.779. The summed E-state index contributed by atoms with van der Waals surface area (Å²) in [5.41, 5.74) is 4.52. The maximum Gasteiger partial charge on any atom is 0.180 e. The summed E-state index contributed by atoms with van der Waals surface area (Å²) in [5.74, 6) is 0.0988. The number of thiazole rings is 1. The van der Waals surface area contributed by atoms with Gasteiger partial charge in [0.15, 0.2) is 5.78 Å². The van der Waals surface area contributed by atoms with Gasteiger partial charge in [-0.15, -0.1) is 11.3 Å². The van der Waals surface area contributed by atoms with Crippen LogP contribution in [-0.2, 0) is 12.8 Å². The Labute approximate surface area is 105 Å². The molecule has 0 aliphatic rings. The first-order chi connectivity index (χ1) is 8.20. The van der Waals surface area contributed by atoms with Gasteiger partial charge in [-0.25, -0.2) is 4.98 Å². The van der Waals surface area contributed by atoms with Crippen molar-refractivity contribution < 1.29 is 4.79 Å². The molecule has 0 unspecified atom stereocenters. The summed E-state index contributed by atoms with van der Waals surface area (Å²) in [6, 6.07) is 3.95. The number of aryl methyl sites for hydroxylation is 2. The molecule has 2 rings (SSSR count). The highest BCUT2D eigenvalue weighted by Gasteiger charge is 2.12.